The number of hydrogen-bond acceptors (Lipinski definition) is 35. The van der Waals surface area contributed by atoms with Gasteiger partial charge in [-0.25, -0.2) is 0 Å². The van der Waals surface area contributed by atoms with E-state index in [1.807, 2.05) is 64.1 Å². The maximum absolute atomic E-state index is 12.2. The van der Waals surface area contributed by atoms with Gasteiger partial charge in [-0.05, 0) is 164 Å². The van der Waals surface area contributed by atoms with Crippen molar-refractivity contribution in [2.45, 2.75) is 42.4 Å². The van der Waals surface area contributed by atoms with Crippen LogP contribution in [-0.4, -0.2) is 303 Å². The van der Waals surface area contributed by atoms with Gasteiger partial charge in [-0.3, -0.25) is 88.8 Å². The molecule has 0 saturated heterocycles. The Morgan fingerprint density at radius 3 is 0.902 bits per heavy atom. The number of rotatable bonds is 41. The Morgan fingerprint density at radius 2 is 0.517 bits per heavy atom. The second-order valence-electron chi connectivity index (χ2n) is 31.0. The number of carbonyl (C=O) groups excluding carboxylic acids is 12. The van der Waals surface area contributed by atoms with E-state index in [-0.39, 0.29) is 66.2 Å². The third-order valence-corrected chi connectivity index (χ3v) is 25.3. The summed E-state index contributed by atoms with van der Waals surface area (Å²) in [6, 6.07) is 51.3. The average molecular weight is 2020 g/mol. The summed E-state index contributed by atoms with van der Waals surface area (Å²) < 4.78 is 74.1. The average Bonchev–Trinajstić information content (AvgIpc) is 0.751. The quantitative estimate of drug-likeness (QED) is 0.00681. The van der Waals surface area contributed by atoms with Gasteiger partial charge in [0.25, 0.3) is 70.9 Å². The molecule has 12 aromatic carbocycles. The number of nitrogens with zero attached hydrogens (tertiary/aromatic N) is 6. The molecule has 0 bridgehead atoms. The molecule has 18 rings (SSSR count). The van der Waals surface area contributed by atoms with Crippen LogP contribution in [0.2, 0.25) is 0 Å². The molecule has 750 valence electrons. The van der Waals surface area contributed by atoms with E-state index < -0.39 is 70.9 Å². The molecule has 0 saturated carbocycles. The molecule has 6 heterocycles. The van der Waals surface area contributed by atoms with E-state index in [0.717, 1.165) is 47.7 Å². The first-order valence-electron chi connectivity index (χ1n) is 45.1. The minimum Gasteiger partial charge on any atom is -0.491 e. The van der Waals surface area contributed by atoms with Crippen molar-refractivity contribution in [2.75, 3.05) is 171 Å². The van der Waals surface area contributed by atoms with Gasteiger partial charge >= 0.3 is 0 Å². The molecule has 143 heavy (non-hydrogen) atoms. The number of amides is 12. The van der Waals surface area contributed by atoms with E-state index in [2.05, 4.69) is 0 Å². The number of hydroxylamine groups is 12. The maximum atomic E-state index is 12.2. The second-order valence-corrected chi connectivity index (χ2v) is 34.5. The highest BCUT2D eigenvalue weighted by Crippen LogP contribution is 2.42. The third kappa shape index (κ3) is 24.8. The van der Waals surface area contributed by atoms with Crippen LogP contribution in [0.1, 0.15) is 152 Å². The van der Waals surface area contributed by atoms with Crippen LogP contribution < -0.4 is 14.2 Å². The number of benzene rings is 12. The lowest BCUT2D eigenvalue weighted by Gasteiger charge is -2.22. The van der Waals surface area contributed by atoms with Crippen LogP contribution in [0.25, 0.3) is 64.6 Å². The Bertz CT molecular complexity index is 6450. The minimum absolute atomic E-state index is 0.134. The fraction of sp³-hybridized carbons (Fsp3) is 0.294. The Hall–Kier alpha value is -13.2. The molecule has 38 nitrogen and oxygen atoms in total. The monoisotopic (exact) mass is 2020 g/mol. The smallest absolute Gasteiger partial charge is 0.285 e. The third-order valence-electron chi connectivity index (χ3n) is 22.3. The van der Waals surface area contributed by atoms with Gasteiger partial charge in [-0.2, -0.15) is 0 Å². The summed E-state index contributed by atoms with van der Waals surface area (Å²) >= 11 is 4.73. The number of ether oxygens (including phenoxy) is 14. The van der Waals surface area contributed by atoms with Gasteiger partial charge in [-0.1, -0.05) is 72.8 Å². The SMILES string of the molecule is CCOCCOCCSc1ccc2c3c(cccc13)C(=O)N(O)C2=O.CCOCCOc1cc2c3c(cccc3c1)C(=O)N(O)C2=O.CCOCOCCSc1cc2c3c(cccc3c1)C(=O)N(O)C2=O.CCOCOCCSc1ccc2c3c(cccc13)C(=O)N(O)C2=O.COCCOCCOc1cc2c3c(cccc3c1)C(=O)N(O)C2=O.COCCOCCOc1ccc2c3c(cccc13)C(=O)N(O)C2=O. The Balaban J connectivity index is 0.000000144. The highest BCUT2D eigenvalue weighted by Gasteiger charge is 2.39. The van der Waals surface area contributed by atoms with Crippen LogP contribution in [0.3, 0.4) is 0 Å². The fourth-order valence-corrected chi connectivity index (χ4v) is 18.4. The normalized spacial score (nSPS) is 13.8. The van der Waals surface area contributed by atoms with E-state index in [9.17, 15) is 88.8 Å². The predicted octanol–water partition coefficient (Wildman–Crippen LogP) is 14.8. The number of methoxy groups -OCH3 is 2. The molecule has 0 unspecified atom stereocenters. The second kappa shape index (κ2) is 51.7. The molecule has 12 amide bonds. The van der Waals surface area contributed by atoms with Crippen molar-refractivity contribution >= 4 is 171 Å². The van der Waals surface area contributed by atoms with Crippen molar-refractivity contribution < 1.29 is 155 Å². The minimum atomic E-state index is -0.759. The molecule has 0 aliphatic carbocycles. The van der Waals surface area contributed by atoms with Crippen molar-refractivity contribution in [1.82, 2.24) is 30.4 Å². The zero-order valence-electron chi connectivity index (χ0n) is 78.5. The summed E-state index contributed by atoms with van der Waals surface area (Å²) in [6.07, 6.45) is 0. The molecule has 0 spiro atoms. The lowest BCUT2D eigenvalue weighted by atomic mass is 9.94. The molecule has 6 N–H and O–H groups in total. The van der Waals surface area contributed by atoms with Gasteiger partial charge in [0.15, 0.2) is 0 Å². The first-order valence-corrected chi connectivity index (χ1v) is 48.1. The van der Waals surface area contributed by atoms with Crippen LogP contribution in [0.5, 0.6) is 17.2 Å². The number of imide groups is 6. The van der Waals surface area contributed by atoms with Crippen LogP contribution >= 0.6 is 35.3 Å². The highest BCUT2D eigenvalue weighted by atomic mass is 32.2. The van der Waals surface area contributed by atoms with Crippen LogP contribution in [0, 0.1) is 0 Å². The number of thioether (sulfide) groups is 3. The van der Waals surface area contributed by atoms with Crippen molar-refractivity contribution in [3.8, 4) is 17.2 Å². The van der Waals surface area contributed by atoms with Crippen molar-refractivity contribution in [3.63, 3.8) is 0 Å². The van der Waals surface area contributed by atoms with E-state index in [1.54, 1.807) is 171 Å². The lowest BCUT2D eigenvalue weighted by molar-refractivity contribution is -0.0437. The summed E-state index contributed by atoms with van der Waals surface area (Å²) in [5.74, 6) is -4.88. The molecule has 41 heteroatoms. The first kappa shape index (κ1) is 107. The Morgan fingerprint density at radius 1 is 0.238 bits per heavy atom. The van der Waals surface area contributed by atoms with Crippen molar-refractivity contribution in [3.05, 3.63) is 249 Å². The predicted molar refractivity (Wildman–Crippen MR) is 520 cm³/mol. The Kier molecular flexibility index (Phi) is 38.7. The van der Waals surface area contributed by atoms with E-state index in [0.29, 0.717) is 236 Å². The molecular weight excluding hydrogens is 1920 g/mol. The van der Waals surface area contributed by atoms with Crippen molar-refractivity contribution in [2.24, 2.45) is 0 Å². The van der Waals surface area contributed by atoms with Crippen LogP contribution in [0.15, 0.2) is 197 Å². The van der Waals surface area contributed by atoms with E-state index in [4.69, 9.17) is 66.3 Å². The number of hydrogen-bond donors (Lipinski definition) is 6. The standard InChI is InChI=1S/C18H19NO5S.2C17H17NO6.2C17H17NO5S.C16H15NO5/c1-2-23-8-9-24-10-11-25-15-7-6-14-16-12(15)4-3-5-13(16)17(20)19(22)18(14)21;1-22-5-6-23-7-8-24-12-9-11-3-2-4-13-15(11)14(10-12)17(20)18(21)16(13)19;1-22-7-8-23-9-10-24-14-6-5-13-15-11(14)3-2-4-12(15)16(19)18(21)17(13)20;1-2-22-10-23-6-7-24-12-8-11-4-3-5-13-15(11)14(9-12)17(20)18(21)16(13)19;1-2-22-10-23-8-9-24-14-7-6-13-15-11(14)4-3-5-12(15)16(19)18(21)17(13)20;1-2-21-6-7-22-11-8-10-4-3-5-12-14(10)13(9-11)16(19)17(20)15(12)18/h3-7,22H,2,8-11H2,1H3;2-4,9-10,21H,5-8H2,1H3;2-6,21H,7-10H2,1H3;3-5,8-9,21H,2,6-7,10H2,1H3;3-7,21H,2,8-10H2,1H3;3-5,8-9,20H,2,6-7H2,1H3. The first-order chi connectivity index (χ1) is 69.3. The molecule has 6 aliphatic rings. The summed E-state index contributed by atoms with van der Waals surface area (Å²) in [5.41, 5.74) is 3.63. The fourth-order valence-electron chi connectivity index (χ4n) is 15.7. The maximum Gasteiger partial charge on any atom is 0.285 e. The topological polar surface area (TPSA) is 475 Å². The molecule has 0 fully saturated rings. The van der Waals surface area contributed by atoms with Gasteiger partial charge in [0.1, 0.15) is 50.7 Å². The van der Waals surface area contributed by atoms with Crippen LogP contribution in [0.4, 0.5) is 0 Å². The van der Waals surface area contributed by atoms with Gasteiger partial charge < -0.3 is 66.3 Å². The molecular formula is C102H102N6O32S3. The summed E-state index contributed by atoms with van der Waals surface area (Å²) in [6.45, 7) is 17.7. The van der Waals surface area contributed by atoms with Gasteiger partial charge in [0, 0.05) is 110 Å². The molecule has 0 aromatic heterocycles. The van der Waals surface area contributed by atoms with Crippen LogP contribution in [-0.2, 0) is 52.1 Å². The zero-order chi connectivity index (χ0) is 102. The molecule has 6 aliphatic heterocycles. The largest absolute Gasteiger partial charge is 0.491 e. The van der Waals surface area contributed by atoms with Gasteiger partial charge in [0.05, 0.1) is 146 Å². The zero-order valence-corrected chi connectivity index (χ0v) is 80.9. The summed E-state index contributed by atoms with van der Waals surface area (Å²) in [5, 5.41) is 66.9. The molecule has 0 atom stereocenters. The molecule has 0 radical (unpaired) electrons. The van der Waals surface area contributed by atoms with E-state index >= 15 is 0 Å². The summed E-state index contributed by atoms with van der Waals surface area (Å²) in [4.78, 5) is 148. The van der Waals surface area contributed by atoms with Crippen molar-refractivity contribution in [1.29, 1.82) is 0 Å². The lowest BCUT2D eigenvalue weighted by Crippen LogP contribution is -2.37. The van der Waals surface area contributed by atoms with E-state index in [1.165, 1.54) is 23.9 Å². The summed E-state index contributed by atoms with van der Waals surface area (Å²) in [7, 11) is 3.20. The molecule has 12 aromatic rings. The van der Waals surface area contributed by atoms with Gasteiger partial charge in [-0.15, -0.1) is 65.7 Å². The van der Waals surface area contributed by atoms with Gasteiger partial charge in [0.2, 0.25) is 0 Å². The number of carbonyl (C=O) groups is 12. The highest BCUT2D eigenvalue weighted by molar-refractivity contribution is 8.00. The Labute approximate surface area is 830 Å².